The molecule has 10 heavy (non-hydrogen) atoms. The van der Waals surface area contributed by atoms with E-state index in [1.165, 1.54) is 0 Å². The van der Waals surface area contributed by atoms with E-state index in [1.54, 1.807) is 0 Å². The van der Waals surface area contributed by atoms with Gasteiger partial charge in [0.1, 0.15) is 0 Å². The molecule has 3 N–H and O–H groups in total. The largest absolute Gasteiger partial charge is 0.388 e. The Bertz CT molecular complexity index is 134. The van der Waals surface area contributed by atoms with Gasteiger partial charge in [-0.05, 0) is 19.3 Å². The predicted molar refractivity (Wildman–Crippen MR) is 41.6 cm³/mol. The topological polar surface area (TPSA) is 46.2 Å². The molecule has 2 nitrogen and oxygen atoms in total. The fourth-order valence-electron chi connectivity index (χ4n) is 1.34. The minimum atomic E-state index is -0.630. The van der Waals surface area contributed by atoms with Crippen molar-refractivity contribution in [1.82, 2.24) is 0 Å². The van der Waals surface area contributed by atoms with E-state index < -0.39 is 5.60 Å². The Kier molecular flexibility index (Phi) is 2.11. The van der Waals surface area contributed by atoms with Crippen LogP contribution in [0.5, 0.6) is 0 Å². The summed E-state index contributed by atoms with van der Waals surface area (Å²) in [5.74, 6) is 0. The molecule has 0 heterocycles. The van der Waals surface area contributed by atoms with Crippen LogP contribution in [0, 0.1) is 0 Å². The minimum absolute atomic E-state index is 0.0671. The number of rotatable bonds is 2. The third-order valence-electron chi connectivity index (χ3n) is 2.24. The lowest BCUT2D eigenvalue weighted by atomic mass is 9.91. The van der Waals surface area contributed by atoms with Crippen LogP contribution in [0.25, 0.3) is 0 Å². The Hall–Kier alpha value is -0.340. The maximum Gasteiger partial charge on any atom is 0.0866 e. The maximum absolute atomic E-state index is 9.77. The summed E-state index contributed by atoms with van der Waals surface area (Å²) in [4.78, 5) is 0. The summed E-state index contributed by atoms with van der Waals surface area (Å²) in [5, 5.41) is 9.77. The standard InChI is InChI=1S/C8H15NO/c1-2-7(9)8(10)5-3-4-6-8/h3-4,7,10H,2,5-6,9H2,1H3/t7-/m1/s1. The van der Waals surface area contributed by atoms with E-state index >= 15 is 0 Å². The monoisotopic (exact) mass is 141 g/mol. The molecule has 0 radical (unpaired) electrons. The lowest BCUT2D eigenvalue weighted by Crippen LogP contribution is -2.45. The highest BCUT2D eigenvalue weighted by Crippen LogP contribution is 2.26. The van der Waals surface area contributed by atoms with Crippen molar-refractivity contribution in [3.63, 3.8) is 0 Å². The Morgan fingerprint density at radius 1 is 1.60 bits per heavy atom. The Morgan fingerprint density at radius 3 is 2.50 bits per heavy atom. The molecule has 0 amide bonds. The number of hydrogen-bond donors (Lipinski definition) is 2. The van der Waals surface area contributed by atoms with Crippen LogP contribution in [0.2, 0.25) is 0 Å². The molecule has 0 aromatic carbocycles. The van der Waals surface area contributed by atoms with Crippen LogP contribution >= 0.6 is 0 Å². The minimum Gasteiger partial charge on any atom is -0.388 e. The van der Waals surface area contributed by atoms with Gasteiger partial charge in [-0.25, -0.2) is 0 Å². The van der Waals surface area contributed by atoms with Crippen molar-refractivity contribution in [2.45, 2.75) is 37.8 Å². The van der Waals surface area contributed by atoms with E-state index in [2.05, 4.69) is 0 Å². The molecular formula is C8H15NO. The van der Waals surface area contributed by atoms with Gasteiger partial charge in [-0.15, -0.1) is 0 Å². The second kappa shape index (κ2) is 2.72. The van der Waals surface area contributed by atoms with Gasteiger partial charge in [0, 0.05) is 6.04 Å². The third-order valence-corrected chi connectivity index (χ3v) is 2.24. The first-order valence-electron chi connectivity index (χ1n) is 3.82. The Morgan fingerprint density at radius 2 is 2.10 bits per heavy atom. The SMILES string of the molecule is CC[C@@H](N)C1(O)CC=CC1. The summed E-state index contributed by atoms with van der Waals surface area (Å²) in [6, 6.07) is -0.0671. The molecule has 0 aromatic heterocycles. The fourth-order valence-corrected chi connectivity index (χ4v) is 1.34. The molecule has 0 aliphatic heterocycles. The van der Waals surface area contributed by atoms with Gasteiger partial charge < -0.3 is 10.8 Å². The molecule has 1 aliphatic rings. The smallest absolute Gasteiger partial charge is 0.0866 e. The molecule has 1 aliphatic carbocycles. The summed E-state index contributed by atoms with van der Waals surface area (Å²) in [6.07, 6.45) is 6.28. The molecule has 0 saturated heterocycles. The molecule has 0 fully saturated rings. The highest BCUT2D eigenvalue weighted by molar-refractivity contribution is 5.07. The summed E-state index contributed by atoms with van der Waals surface area (Å²) in [6.45, 7) is 2.00. The molecule has 0 bridgehead atoms. The fraction of sp³-hybridized carbons (Fsp3) is 0.750. The number of aliphatic hydroxyl groups is 1. The Labute approximate surface area is 61.7 Å². The zero-order valence-corrected chi connectivity index (χ0v) is 6.38. The molecule has 0 saturated carbocycles. The summed E-state index contributed by atoms with van der Waals surface area (Å²) >= 11 is 0. The van der Waals surface area contributed by atoms with Crippen molar-refractivity contribution in [3.05, 3.63) is 12.2 Å². The van der Waals surface area contributed by atoms with E-state index in [0.717, 1.165) is 19.3 Å². The highest BCUT2D eigenvalue weighted by Gasteiger charge is 2.33. The molecule has 0 spiro atoms. The third kappa shape index (κ3) is 1.22. The first-order chi connectivity index (χ1) is 4.69. The molecule has 0 aromatic rings. The van der Waals surface area contributed by atoms with E-state index in [1.807, 2.05) is 19.1 Å². The van der Waals surface area contributed by atoms with Crippen LogP contribution in [-0.4, -0.2) is 16.7 Å². The molecular weight excluding hydrogens is 126 g/mol. The quantitative estimate of drug-likeness (QED) is 0.559. The predicted octanol–water partition coefficient (Wildman–Crippen LogP) is 0.805. The lowest BCUT2D eigenvalue weighted by Gasteiger charge is -2.28. The van der Waals surface area contributed by atoms with Gasteiger partial charge in [-0.3, -0.25) is 0 Å². The number of nitrogens with two attached hydrogens (primary N) is 1. The van der Waals surface area contributed by atoms with Gasteiger partial charge in [0.25, 0.3) is 0 Å². The van der Waals surface area contributed by atoms with Crippen molar-refractivity contribution in [3.8, 4) is 0 Å². The van der Waals surface area contributed by atoms with Crippen LogP contribution in [-0.2, 0) is 0 Å². The second-order valence-electron chi connectivity index (χ2n) is 3.00. The molecule has 2 heteroatoms. The molecule has 0 unspecified atom stereocenters. The summed E-state index contributed by atoms with van der Waals surface area (Å²) in [5.41, 5.74) is 5.09. The van der Waals surface area contributed by atoms with Gasteiger partial charge in [0.05, 0.1) is 5.60 Å². The maximum atomic E-state index is 9.77. The molecule has 1 rings (SSSR count). The average molecular weight is 141 g/mol. The second-order valence-corrected chi connectivity index (χ2v) is 3.00. The summed E-state index contributed by atoms with van der Waals surface area (Å²) < 4.78 is 0. The van der Waals surface area contributed by atoms with E-state index in [4.69, 9.17) is 5.73 Å². The van der Waals surface area contributed by atoms with Gasteiger partial charge in [0.2, 0.25) is 0 Å². The van der Waals surface area contributed by atoms with E-state index in [9.17, 15) is 5.11 Å². The lowest BCUT2D eigenvalue weighted by molar-refractivity contribution is 0.0257. The van der Waals surface area contributed by atoms with Crippen LogP contribution in [0.1, 0.15) is 26.2 Å². The van der Waals surface area contributed by atoms with Crippen molar-refractivity contribution in [1.29, 1.82) is 0 Å². The van der Waals surface area contributed by atoms with Crippen molar-refractivity contribution in [2.75, 3.05) is 0 Å². The molecule has 1 atom stereocenters. The number of hydrogen-bond acceptors (Lipinski definition) is 2. The highest BCUT2D eigenvalue weighted by atomic mass is 16.3. The van der Waals surface area contributed by atoms with E-state index in [-0.39, 0.29) is 6.04 Å². The van der Waals surface area contributed by atoms with Crippen LogP contribution in [0.15, 0.2) is 12.2 Å². The normalized spacial score (nSPS) is 25.1. The average Bonchev–Trinajstić information content (AvgIpc) is 2.36. The van der Waals surface area contributed by atoms with Gasteiger partial charge in [0.15, 0.2) is 0 Å². The van der Waals surface area contributed by atoms with Crippen molar-refractivity contribution in [2.24, 2.45) is 5.73 Å². The van der Waals surface area contributed by atoms with Gasteiger partial charge in [-0.2, -0.15) is 0 Å². The van der Waals surface area contributed by atoms with Crippen LogP contribution in [0.4, 0.5) is 0 Å². The van der Waals surface area contributed by atoms with Crippen molar-refractivity contribution < 1.29 is 5.11 Å². The van der Waals surface area contributed by atoms with Gasteiger partial charge in [-0.1, -0.05) is 19.1 Å². The van der Waals surface area contributed by atoms with Crippen LogP contribution < -0.4 is 5.73 Å². The van der Waals surface area contributed by atoms with Crippen LogP contribution in [0.3, 0.4) is 0 Å². The Balaban J connectivity index is 2.52. The van der Waals surface area contributed by atoms with Gasteiger partial charge >= 0.3 is 0 Å². The summed E-state index contributed by atoms with van der Waals surface area (Å²) in [7, 11) is 0. The zero-order chi connectivity index (χ0) is 7.61. The first-order valence-corrected chi connectivity index (χ1v) is 3.82. The van der Waals surface area contributed by atoms with Crippen molar-refractivity contribution >= 4 is 0 Å². The first kappa shape index (κ1) is 7.76. The van der Waals surface area contributed by atoms with E-state index in [0.29, 0.717) is 0 Å². The molecule has 58 valence electrons. The zero-order valence-electron chi connectivity index (χ0n) is 6.38.